The summed E-state index contributed by atoms with van der Waals surface area (Å²) in [6, 6.07) is 0.697. The number of carboxylic acid groups (broad SMARTS) is 1. The largest absolute Gasteiger partial charge is 0.480 e. The van der Waals surface area contributed by atoms with Crippen LogP contribution in [0.25, 0.3) is 0 Å². The molecule has 0 saturated carbocycles. The fourth-order valence-corrected chi connectivity index (χ4v) is 1.60. The number of carboxylic acids is 1. The Morgan fingerprint density at radius 2 is 1.91 bits per heavy atom. The third-order valence-corrected chi connectivity index (χ3v) is 2.65. The highest BCUT2D eigenvalue weighted by Crippen LogP contribution is 2.06. The van der Waals surface area contributed by atoms with Gasteiger partial charge in [0.05, 0.1) is 0 Å². The monoisotopic (exact) mass is 310 g/mol. The first-order valence-electron chi connectivity index (χ1n) is 6.96. The lowest BCUT2D eigenvalue weighted by atomic mass is 10.0. The van der Waals surface area contributed by atoms with E-state index in [0.29, 0.717) is 25.9 Å². The molecule has 1 unspecified atom stereocenters. The van der Waals surface area contributed by atoms with Crippen LogP contribution in [0.1, 0.15) is 26.7 Å². The highest BCUT2D eigenvalue weighted by atomic mass is 16.4. The van der Waals surface area contributed by atoms with E-state index in [1.54, 1.807) is 6.07 Å². The van der Waals surface area contributed by atoms with Crippen LogP contribution in [0.5, 0.6) is 0 Å². The van der Waals surface area contributed by atoms with Gasteiger partial charge in [-0.3, -0.25) is 9.59 Å². The Morgan fingerprint density at radius 1 is 1.27 bits per heavy atom. The van der Waals surface area contributed by atoms with Gasteiger partial charge >= 0.3 is 5.97 Å². The molecule has 0 spiro atoms. The van der Waals surface area contributed by atoms with Crippen molar-refractivity contribution in [3.63, 3.8) is 0 Å². The van der Waals surface area contributed by atoms with Crippen molar-refractivity contribution in [3.05, 3.63) is 11.8 Å². The van der Waals surface area contributed by atoms with Crippen LogP contribution in [0.15, 0.2) is 11.8 Å². The minimum atomic E-state index is -1.13. The average Bonchev–Trinajstić information content (AvgIpc) is 2.45. The zero-order chi connectivity index (χ0) is 17.0. The van der Waals surface area contributed by atoms with E-state index in [2.05, 4.69) is 16.0 Å². The summed E-state index contributed by atoms with van der Waals surface area (Å²) in [5.41, 5.74) is -0.196. The Kier molecular flexibility index (Phi) is 9.84. The SMILES string of the molecule is CC(C)CC(NC(=O)/C(C#N)=C\NCCCNC=O)C(=O)O. The molecule has 122 valence electrons. The van der Waals surface area contributed by atoms with Gasteiger partial charge < -0.3 is 21.1 Å². The van der Waals surface area contributed by atoms with E-state index >= 15 is 0 Å². The molecule has 0 aromatic rings. The zero-order valence-corrected chi connectivity index (χ0v) is 12.8. The van der Waals surface area contributed by atoms with Gasteiger partial charge in [-0.2, -0.15) is 5.26 Å². The average molecular weight is 310 g/mol. The number of nitrogens with zero attached hydrogens (tertiary/aromatic N) is 1. The van der Waals surface area contributed by atoms with Crippen molar-refractivity contribution in [2.45, 2.75) is 32.7 Å². The summed E-state index contributed by atoms with van der Waals surface area (Å²) in [7, 11) is 0. The van der Waals surface area contributed by atoms with E-state index in [-0.39, 0.29) is 17.9 Å². The molecular formula is C14H22N4O4. The number of nitrogens with one attached hydrogen (secondary N) is 3. The number of carbonyl (C=O) groups is 3. The maximum Gasteiger partial charge on any atom is 0.326 e. The second-order valence-corrected chi connectivity index (χ2v) is 5.04. The summed E-state index contributed by atoms with van der Waals surface area (Å²) in [4.78, 5) is 33.0. The Balaban J connectivity index is 4.47. The summed E-state index contributed by atoms with van der Waals surface area (Å²) >= 11 is 0. The first kappa shape index (κ1) is 19.4. The fourth-order valence-electron chi connectivity index (χ4n) is 1.60. The second-order valence-electron chi connectivity index (χ2n) is 5.04. The van der Waals surface area contributed by atoms with Crippen molar-refractivity contribution < 1.29 is 19.5 Å². The molecule has 22 heavy (non-hydrogen) atoms. The molecule has 2 amide bonds. The van der Waals surface area contributed by atoms with Crippen molar-refractivity contribution >= 4 is 18.3 Å². The van der Waals surface area contributed by atoms with E-state index in [1.165, 1.54) is 6.20 Å². The zero-order valence-electron chi connectivity index (χ0n) is 12.8. The number of hydrogen-bond donors (Lipinski definition) is 4. The number of aliphatic carboxylic acids is 1. The number of amides is 2. The van der Waals surface area contributed by atoms with Gasteiger partial charge in [0.15, 0.2) is 0 Å². The molecule has 0 aliphatic heterocycles. The number of nitriles is 1. The van der Waals surface area contributed by atoms with Gasteiger partial charge in [-0.25, -0.2) is 4.79 Å². The lowest BCUT2D eigenvalue weighted by Crippen LogP contribution is -2.42. The molecule has 8 heteroatoms. The van der Waals surface area contributed by atoms with Crippen LogP contribution in [0, 0.1) is 17.2 Å². The van der Waals surface area contributed by atoms with Gasteiger partial charge in [0, 0.05) is 19.3 Å². The molecule has 0 radical (unpaired) electrons. The normalized spacial score (nSPS) is 12.2. The van der Waals surface area contributed by atoms with Gasteiger partial charge in [0.25, 0.3) is 5.91 Å². The summed E-state index contributed by atoms with van der Waals surface area (Å²) in [5.74, 6) is -1.76. The summed E-state index contributed by atoms with van der Waals surface area (Å²) in [5, 5.41) is 25.6. The van der Waals surface area contributed by atoms with Crippen LogP contribution in [0.4, 0.5) is 0 Å². The van der Waals surface area contributed by atoms with E-state index in [0.717, 1.165) is 0 Å². The maximum absolute atomic E-state index is 11.9. The van der Waals surface area contributed by atoms with Crippen LogP contribution in [0.2, 0.25) is 0 Å². The Morgan fingerprint density at radius 3 is 2.41 bits per heavy atom. The van der Waals surface area contributed by atoms with E-state index in [4.69, 9.17) is 10.4 Å². The fraction of sp³-hybridized carbons (Fsp3) is 0.571. The minimum Gasteiger partial charge on any atom is -0.480 e. The molecular weight excluding hydrogens is 288 g/mol. The first-order valence-corrected chi connectivity index (χ1v) is 6.96. The lowest BCUT2D eigenvalue weighted by molar-refractivity contribution is -0.141. The van der Waals surface area contributed by atoms with E-state index in [9.17, 15) is 14.4 Å². The molecule has 4 N–H and O–H groups in total. The van der Waals surface area contributed by atoms with E-state index in [1.807, 2.05) is 13.8 Å². The topological polar surface area (TPSA) is 131 Å². The maximum atomic E-state index is 11.9. The lowest BCUT2D eigenvalue weighted by Gasteiger charge is -2.16. The molecule has 1 atom stereocenters. The van der Waals surface area contributed by atoms with Gasteiger partial charge in [-0.05, 0) is 18.8 Å². The molecule has 0 aromatic carbocycles. The standard InChI is InChI=1S/C14H22N4O4/c1-10(2)6-12(14(21)22)18-13(20)11(7-15)8-16-4-3-5-17-9-19/h8-10,12,16H,3-6H2,1-2H3,(H,17,19)(H,18,20)(H,21,22)/b11-8-. The number of hydrogen-bond acceptors (Lipinski definition) is 5. The Hall–Kier alpha value is -2.56. The molecule has 8 nitrogen and oxygen atoms in total. The molecule has 0 aliphatic carbocycles. The van der Waals surface area contributed by atoms with Crippen molar-refractivity contribution in [1.82, 2.24) is 16.0 Å². The van der Waals surface area contributed by atoms with Crippen LogP contribution >= 0.6 is 0 Å². The molecule has 0 saturated heterocycles. The number of carbonyl (C=O) groups excluding carboxylic acids is 2. The predicted octanol–water partition coefficient (Wildman–Crippen LogP) is -0.265. The third kappa shape index (κ3) is 8.58. The summed E-state index contributed by atoms with van der Waals surface area (Å²) in [6.07, 6.45) is 2.74. The van der Waals surface area contributed by atoms with Crippen molar-refractivity contribution in [3.8, 4) is 6.07 Å². The molecule has 0 heterocycles. The van der Waals surface area contributed by atoms with Gasteiger partial charge in [0.1, 0.15) is 17.7 Å². The van der Waals surface area contributed by atoms with Crippen molar-refractivity contribution in [2.75, 3.05) is 13.1 Å². The van der Waals surface area contributed by atoms with E-state index < -0.39 is 17.9 Å². The van der Waals surface area contributed by atoms with Crippen LogP contribution in [-0.4, -0.2) is 42.5 Å². The third-order valence-electron chi connectivity index (χ3n) is 2.65. The smallest absolute Gasteiger partial charge is 0.326 e. The molecule has 0 fully saturated rings. The van der Waals surface area contributed by atoms with Crippen LogP contribution < -0.4 is 16.0 Å². The molecule has 0 rings (SSSR count). The Labute approximate surface area is 129 Å². The van der Waals surface area contributed by atoms with Crippen LogP contribution in [-0.2, 0) is 14.4 Å². The summed E-state index contributed by atoms with van der Waals surface area (Å²) < 4.78 is 0. The highest BCUT2D eigenvalue weighted by molar-refractivity contribution is 5.99. The van der Waals surface area contributed by atoms with Crippen molar-refractivity contribution in [1.29, 1.82) is 5.26 Å². The van der Waals surface area contributed by atoms with Gasteiger partial charge in [0.2, 0.25) is 6.41 Å². The molecule has 0 aliphatic rings. The summed E-state index contributed by atoms with van der Waals surface area (Å²) in [6.45, 7) is 4.64. The minimum absolute atomic E-state index is 0.0966. The van der Waals surface area contributed by atoms with Crippen LogP contribution in [0.3, 0.4) is 0 Å². The van der Waals surface area contributed by atoms with Gasteiger partial charge in [-0.15, -0.1) is 0 Å². The second kappa shape index (κ2) is 11.1. The quantitative estimate of drug-likeness (QED) is 0.180. The Bertz CT molecular complexity index is 454. The molecule has 0 aromatic heterocycles. The predicted molar refractivity (Wildman–Crippen MR) is 79.4 cm³/mol. The first-order chi connectivity index (χ1) is 10.4. The van der Waals surface area contributed by atoms with Gasteiger partial charge in [-0.1, -0.05) is 13.8 Å². The molecule has 0 bridgehead atoms. The number of rotatable bonds is 11. The van der Waals surface area contributed by atoms with Crippen molar-refractivity contribution in [2.24, 2.45) is 5.92 Å². The highest BCUT2D eigenvalue weighted by Gasteiger charge is 2.22.